The van der Waals surface area contributed by atoms with Crippen LogP contribution in [0.15, 0.2) is 18.2 Å². The van der Waals surface area contributed by atoms with E-state index in [0.29, 0.717) is 16.1 Å². The maximum absolute atomic E-state index is 5.90. The van der Waals surface area contributed by atoms with Crippen LogP contribution in [-0.2, 0) is 11.3 Å². The Morgan fingerprint density at radius 2 is 2.22 bits per heavy atom. The molecule has 0 bridgehead atoms. The van der Waals surface area contributed by atoms with Crippen molar-refractivity contribution >= 4 is 17.3 Å². The van der Waals surface area contributed by atoms with Gasteiger partial charge in [-0.3, -0.25) is 0 Å². The topological polar surface area (TPSA) is 47.3 Å². The summed E-state index contributed by atoms with van der Waals surface area (Å²) in [6.07, 6.45) is 3.78. The second-order valence-electron chi connectivity index (χ2n) is 5.20. The van der Waals surface area contributed by atoms with Crippen LogP contribution in [0.1, 0.15) is 24.8 Å². The summed E-state index contributed by atoms with van der Waals surface area (Å²) in [7, 11) is 1.76. The number of rotatable bonds is 7. The number of benzene rings is 1. The summed E-state index contributed by atoms with van der Waals surface area (Å²) in [6, 6.07) is 5.80. The Morgan fingerprint density at radius 3 is 2.83 bits per heavy atom. The summed E-state index contributed by atoms with van der Waals surface area (Å²) in [5.74, 6) is 0. The van der Waals surface area contributed by atoms with Crippen molar-refractivity contribution < 1.29 is 4.74 Å². The average Bonchev–Trinajstić information content (AvgIpc) is 3.12. The molecule has 1 fully saturated rings. The van der Waals surface area contributed by atoms with Crippen molar-refractivity contribution in [2.45, 2.75) is 25.8 Å². The molecule has 0 radical (unpaired) electrons. The predicted octanol–water partition coefficient (Wildman–Crippen LogP) is 2.83. The first-order valence-corrected chi connectivity index (χ1v) is 6.77. The lowest BCUT2D eigenvalue weighted by Crippen LogP contribution is -2.24. The molecule has 1 aromatic carbocycles. The molecule has 0 spiro atoms. The first kappa shape index (κ1) is 13.7. The molecule has 1 saturated carbocycles. The predicted molar refractivity (Wildman–Crippen MR) is 75.7 cm³/mol. The van der Waals surface area contributed by atoms with Gasteiger partial charge in [-0.25, -0.2) is 0 Å². The molecule has 18 heavy (non-hydrogen) atoms. The lowest BCUT2D eigenvalue weighted by molar-refractivity contribution is 0.171. The number of nitrogen functional groups attached to an aromatic ring is 1. The standard InChI is InChI=1S/C14H21ClN2O/c1-18-7-6-14(4-5-14)10-17-9-11-2-3-12(15)13(16)8-11/h2-3,8,17H,4-7,9-10,16H2,1H3. The maximum atomic E-state index is 5.90. The van der Waals surface area contributed by atoms with Gasteiger partial charge in [-0.05, 0) is 42.4 Å². The summed E-state index contributed by atoms with van der Waals surface area (Å²) < 4.78 is 5.15. The smallest absolute Gasteiger partial charge is 0.0635 e. The van der Waals surface area contributed by atoms with E-state index in [1.54, 1.807) is 7.11 Å². The van der Waals surface area contributed by atoms with E-state index in [9.17, 15) is 0 Å². The molecule has 3 nitrogen and oxygen atoms in total. The highest BCUT2D eigenvalue weighted by Crippen LogP contribution is 2.48. The van der Waals surface area contributed by atoms with Gasteiger partial charge in [0.2, 0.25) is 0 Å². The molecule has 0 atom stereocenters. The van der Waals surface area contributed by atoms with Crippen molar-refractivity contribution in [1.29, 1.82) is 0 Å². The molecule has 4 heteroatoms. The summed E-state index contributed by atoms with van der Waals surface area (Å²) in [5, 5.41) is 4.13. The quantitative estimate of drug-likeness (QED) is 0.748. The van der Waals surface area contributed by atoms with Gasteiger partial charge in [0.25, 0.3) is 0 Å². The lowest BCUT2D eigenvalue weighted by Gasteiger charge is -2.15. The van der Waals surface area contributed by atoms with E-state index in [-0.39, 0.29) is 0 Å². The van der Waals surface area contributed by atoms with Crippen LogP contribution in [0.5, 0.6) is 0 Å². The van der Waals surface area contributed by atoms with Crippen LogP contribution in [0.2, 0.25) is 5.02 Å². The van der Waals surface area contributed by atoms with Crippen molar-refractivity contribution in [2.75, 3.05) is 26.0 Å². The number of hydrogen-bond acceptors (Lipinski definition) is 3. The van der Waals surface area contributed by atoms with E-state index in [1.165, 1.54) is 18.4 Å². The van der Waals surface area contributed by atoms with Crippen molar-refractivity contribution in [3.8, 4) is 0 Å². The zero-order chi connectivity index (χ0) is 13.0. The fourth-order valence-corrected chi connectivity index (χ4v) is 2.30. The van der Waals surface area contributed by atoms with Crippen LogP contribution >= 0.6 is 11.6 Å². The fourth-order valence-electron chi connectivity index (χ4n) is 2.19. The van der Waals surface area contributed by atoms with E-state index in [4.69, 9.17) is 22.1 Å². The van der Waals surface area contributed by atoms with E-state index >= 15 is 0 Å². The van der Waals surface area contributed by atoms with Gasteiger partial charge in [0, 0.05) is 26.8 Å². The zero-order valence-corrected chi connectivity index (χ0v) is 11.6. The van der Waals surface area contributed by atoms with Gasteiger partial charge in [-0.1, -0.05) is 17.7 Å². The Hall–Kier alpha value is -0.770. The minimum Gasteiger partial charge on any atom is -0.398 e. The molecule has 0 unspecified atom stereocenters. The van der Waals surface area contributed by atoms with Gasteiger partial charge in [0.15, 0.2) is 0 Å². The van der Waals surface area contributed by atoms with Crippen LogP contribution in [-0.4, -0.2) is 20.3 Å². The van der Waals surface area contributed by atoms with E-state index in [1.807, 2.05) is 18.2 Å². The van der Waals surface area contributed by atoms with Crippen molar-refractivity contribution in [2.24, 2.45) is 5.41 Å². The third-order valence-corrected chi connectivity index (χ3v) is 4.03. The number of anilines is 1. The van der Waals surface area contributed by atoms with Crippen LogP contribution < -0.4 is 11.1 Å². The van der Waals surface area contributed by atoms with Gasteiger partial charge in [0.05, 0.1) is 10.7 Å². The second-order valence-corrected chi connectivity index (χ2v) is 5.61. The Labute approximate surface area is 114 Å². The highest BCUT2D eigenvalue weighted by molar-refractivity contribution is 6.33. The largest absolute Gasteiger partial charge is 0.398 e. The average molecular weight is 269 g/mol. The van der Waals surface area contributed by atoms with Crippen molar-refractivity contribution in [1.82, 2.24) is 5.32 Å². The molecule has 2 rings (SSSR count). The maximum Gasteiger partial charge on any atom is 0.0635 e. The molecule has 100 valence electrons. The van der Waals surface area contributed by atoms with E-state index in [0.717, 1.165) is 26.1 Å². The summed E-state index contributed by atoms with van der Waals surface area (Å²) in [5.41, 5.74) is 8.09. The number of methoxy groups -OCH3 is 1. The van der Waals surface area contributed by atoms with Crippen molar-refractivity contribution in [3.05, 3.63) is 28.8 Å². The molecule has 1 aliphatic rings. The van der Waals surface area contributed by atoms with Gasteiger partial charge in [-0.15, -0.1) is 0 Å². The Morgan fingerprint density at radius 1 is 1.44 bits per heavy atom. The molecule has 0 amide bonds. The van der Waals surface area contributed by atoms with E-state index in [2.05, 4.69) is 5.32 Å². The first-order chi connectivity index (χ1) is 8.65. The molecule has 0 aromatic heterocycles. The van der Waals surface area contributed by atoms with Crippen molar-refractivity contribution in [3.63, 3.8) is 0 Å². The molecular formula is C14H21ClN2O. The Kier molecular flexibility index (Phi) is 4.49. The molecule has 0 heterocycles. The molecule has 0 saturated heterocycles. The SMILES string of the molecule is COCCC1(CNCc2ccc(Cl)c(N)c2)CC1. The molecular weight excluding hydrogens is 248 g/mol. The van der Waals surface area contributed by atoms with Crippen LogP contribution in [0, 0.1) is 5.41 Å². The molecule has 1 aromatic rings. The fraction of sp³-hybridized carbons (Fsp3) is 0.571. The monoisotopic (exact) mass is 268 g/mol. The minimum atomic E-state index is 0.480. The van der Waals surface area contributed by atoms with E-state index < -0.39 is 0 Å². The number of halogens is 1. The second kappa shape index (κ2) is 5.91. The highest BCUT2D eigenvalue weighted by atomic mass is 35.5. The third kappa shape index (κ3) is 3.61. The first-order valence-electron chi connectivity index (χ1n) is 6.39. The summed E-state index contributed by atoms with van der Waals surface area (Å²) in [4.78, 5) is 0. The normalized spacial score (nSPS) is 16.8. The number of nitrogens with two attached hydrogens (primary N) is 1. The van der Waals surface area contributed by atoms with Gasteiger partial charge < -0.3 is 15.8 Å². The minimum absolute atomic E-state index is 0.480. The highest BCUT2D eigenvalue weighted by Gasteiger charge is 2.41. The number of nitrogens with one attached hydrogen (secondary N) is 1. The molecule has 1 aliphatic carbocycles. The number of ether oxygens (including phenoxy) is 1. The Balaban J connectivity index is 1.76. The summed E-state index contributed by atoms with van der Waals surface area (Å²) >= 11 is 5.90. The Bertz CT molecular complexity index is 405. The van der Waals surface area contributed by atoms with Crippen LogP contribution in [0.25, 0.3) is 0 Å². The molecule has 3 N–H and O–H groups in total. The zero-order valence-electron chi connectivity index (χ0n) is 10.8. The number of hydrogen-bond donors (Lipinski definition) is 2. The summed E-state index contributed by atoms with van der Waals surface area (Å²) in [6.45, 7) is 2.75. The van der Waals surface area contributed by atoms with Crippen LogP contribution in [0.3, 0.4) is 0 Å². The molecule has 0 aliphatic heterocycles. The van der Waals surface area contributed by atoms with Gasteiger partial charge in [-0.2, -0.15) is 0 Å². The van der Waals surface area contributed by atoms with Crippen LogP contribution in [0.4, 0.5) is 5.69 Å². The third-order valence-electron chi connectivity index (χ3n) is 3.68. The van der Waals surface area contributed by atoms with Gasteiger partial charge in [0.1, 0.15) is 0 Å². The lowest BCUT2D eigenvalue weighted by atomic mass is 10.0. The van der Waals surface area contributed by atoms with Gasteiger partial charge >= 0.3 is 0 Å².